The summed E-state index contributed by atoms with van der Waals surface area (Å²) in [6.45, 7) is 2.00. The minimum atomic E-state index is -0.487. The second-order valence-electron chi connectivity index (χ2n) is 3.57. The molecule has 90 valence electrons. The SMILES string of the molecule is Cc1cc(Br)c(C(Cl)c2c(F)cccc2Br)s1. The van der Waals surface area contributed by atoms with Crippen LogP contribution in [0, 0.1) is 12.7 Å². The first-order valence-corrected chi connectivity index (χ1v) is 7.68. The van der Waals surface area contributed by atoms with Crippen molar-refractivity contribution in [1.29, 1.82) is 0 Å². The first-order valence-electron chi connectivity index (χ1n) is 4.84. The molecule has 0 aliphatic heterocycles. The maximum atomic E-state index is 13.8. The van der Waals surface area contributed by atoms with Gasteiger partial charge in [-0.05, 0) is 41.1 Å². The fourth-order valence-electron chi connectivity index (χ4n) is 1.56. The van der Waals surface area contributed by atoms with Crippen molar-refractivity contribution >= 4 is 54.8 Å². The van der Waals surface area contributed by atoms with E-state index in [-0.39, 0.29) is 5.82 Å². The summed E-state index contributed by atoms with van der Waals surface area (Å²) in [6, 6.07) is 6.86. The van der Waals surface area contributed by atoms with E-state index in [2.05, 4.69) is 31.9 Å². The van der Waals surface area contributed by atoms with Gasteiger partial charge < -0.3 is 0 Å². The zero-order valence-corrected chi connectivity index (χ0v) is 13.6. The summed E-state index contributed by atoms with van der Waals surface area (Å²) in [5.41, 5.74) is 0.483. The molecule has 0 radical (unpaired) electrons. The van der Waals surface area contributed by atoms with E-state index in [0.29, 0.717) is 10.0 Å². The maximum absolute atomic E-state index is 13.8. The predicted octanol–water partition coefficient (Wildman–Crippen LogP) is 6.05. The number of aryl methyl sites for hydroxylation is 1. The first kappa shape index (κ1) is 13.5. The largest absolute Gasteiger partial charge is 0.207 e. The molecule has 0 fully saturated rings. The molecular weight excluding hydrogens is 390 g/mol. The molecule has 2 aromatic rings. The molecule has 1 aromatic carbocycles. The highest BCUT2D eigenvalue weighted by Crippen LogP contribution is 2.42. The van der Waals surface area contributed by atoms with Crippen LogP contribution in [0.5, 0.6) is 0 Å². The normalized spacial score (nSPS) is 12.8. The second-order valence-corrected chi connectivity index (χ2v) is 7.00. The van der Waals surface area contributed by atoms with Crippen molar-refractivity contribution in [3.05, 3.63) is 54.3 Å². The van der Waals surface area contributed by atoms with Gasteiger partial charge in [-0.3, -0.25) is 0 Å². The van der Waals surface area contributed by atoms with Crippen molar-refractivity contribution in [3.8, 4) is 0 Å². The summed E-state index contributed by atoms with van der Waals surface area (Å²) in [7, 11) is 0. The zero-order valence-electron chi connectivity index (χ0n) is 8.81. The van der Waals surface area contributed by atoms with E-state index in [0.717, 1.165) is 14.2 Å². The van der Waals surface area contributed by atoms with Crippen molar-refractivity contribution in [2.24, 2.45) is 0 Å². The van der Waals surface area contributed by atoms with Crippen molar-refractivity contribution in [1.82, 2.24) is 0 Å². The summed E-state index contributed by atoms with van der Waals surface area (Å²) in [4.78, 5) is 2.07. The minimum Gasteiger partial charge on any atom is -0.207 e. The highest BCUT2D eigenvalue weighted by molar-refractivity contribution is 9.10. The van der Waals surface area contributed by atoms with Crippen molar-refractivity contribution < 1.29 is 4.39 Å². The van der Waals surface area contributed by atoms with Crippen LogP contribution in [0.1, 0.15) is 20.7 Å². The topological polar surface area (TPSA) is 0 Å². The molecule has 0 aliphatic carbocycles. The summed E-state index contributed by atoms with van der Waals surface area (Å²) >= 11 is 14.7. The Morgan fingerprint density at radius 2 is 2.00 bits per heavy atom. The van der Waals surface area contributed by atoms with Crippen LogP contribution in [0.3, 0.4) is 0 Å². The molecule has 0 saturated carbocycles. The van der Waals surface area contributed by atoms with Crippen LogP contribution in [0.15, 0.2) is 33.2 Å². The number of thiophene rings is 1. The highest BCUT2D eigenvalue weighted by atomic mass is 79.9. The first-order chi connectivity index (χ1) is 8.00. The lowest BCUT2D eigenvalue weighted by atomic mass is 10.1. The predicted molar refractivity (Wildman–Crippen MR) is 78.6 cm³/mol. The Labute approximate surface area is 125 Å². The van der Waals surface area contributed by atoms with E-state index in [4.69, 9.17) is 11.6 Å². The van der Waals surface area contributed by atoms with Gasteiger partial charge in [-0.25, -0.2) is 4.39 Å². The maximum Gasteiger partial charge on any atom is 0.129 e. The Kier molecular flexibility index (Phi) is 4.29. The van der Waals surface area contributed by atoms with E-state index in [1.54, 1.807) is 23.5 Å². The van der Waals surface area contributed by atoms with E-state index < -0.39 is 5.38 Å². The van der Waals surface area contributed by atoms with E-state index in [1.807, 2.05) is 13.0 Å². The van der Waals surface area contributed by atoms with Gasteiger partial charge in [0, 0.05) is 24.3 Å². The number of halogens is 4. The molecule has 0 bridgehead atoms. The Morgan fingerprint density at radius 1 is 1.29 bits per heavy atom. The van der Waals surface area contributed by atoms with Crippen LogP contribution in [0.25, 0.3) is 0 Å². The van der Waals surface area contributed by atoms with Crippen molar-refractivity contribution in [3.63, 3.8) is 0 Å². The number of hydrogen-bond donors (Lipinski definition) is 0. The monoisotopic (exact) mass is 396 g/mol. The Bertz CT molecular complexity index is 533. The fourth-order valence-corrected chi connectivity index (χ4v) is 4.73. The molecule has 0 saturated heterocycles. The van der Waals surface area contributed by atoms with Gasteiger partial charge in [0.25, 0.3) is 0 Å². The highest BCUT2D eigenvalue weighted by Gasteiger charge is 2.22. The molecule has 5 heteroatoms. The van der Waals surface area contributed by atoms with E-state index in [9.17, 15) is 4.39 Å². The van der Waals surface area contributed by atoms with E-state index in [1.165, 1.54) is 6.07 Å². The van der Waals surface area contributed by atoms with Gasteiger partial charge in [-0.15, -0.1) is 22.9 Å². The van der Waals surface area contributed by atoms with Crippen molar-refractivity contribution in [2.45, 2.75) is 12.3 Å². The Balaban J connectivity index is 2.51. The van der Waals surface area contributed by atoms with Gasteiger partial charge in [0.1, 0.15) is 5.82 Å². The molecule has 2 rings (SSSR count). The lowest BCUT2D eigenvalue weighted by Crippen LogP contribution is -1.96. The van der Waals surface area contributed by atoms with E-state index >= 15 is 0 Å². The number of alkyl halides is 1. The van der Waals surface area contributed by atoms with Crippen LogP contribution in [-0.4, -0.2) is 0 Å². The molecule has 17 heavy (non-hydrogen) atoms. The average Bonchev–Trinajstić information content (AvgIpc) is 2.57. The lowest BCUT2D eigenvalue weighted by Gasteiger charge is -2.12. The molecule has 1 atom stereocenters. The molecule has 0 spiro atoms. The average molecular weight is 399 g/mol. The summed E-state index contributed by atoms with van der Waals surface area (Å²) in [5, 5.41) is -0.487. The van der Waals surface area contributed by atoms with Crippen molar-refractivity contribution in [2.75, 3.05) is 0 Å². The second kappa shape index (κ2) is 5.39. The lowest BCUT2D eigenvalue weighted by molar-refractivity contribution is 0.611. The Hall–Kier alpha value is 0.1000. The third-order valence-corrected chi connectivity index (χ3v) is 5.61. The van der Waals surface area contributed by atoms with Crippen LogP contribution in [0.2, 0.25) is 0 Å². The number of rotatable bonds is 2. The van der Waals surface area contributed by atoms with Crippen LogP contribution < -0.4 is 0 Å². The Morgan fingerprint density at radius 3 is 2.53 bits per heavy atom. The standard InChI is InChI=1S/C12H8Br2ClFS/c1-6-5-8(14)12(17-6)11(15)10-7(13)3-2-4-9(10)16/h2-5,11H,1H3. The third kappa shape index (κ3) is 2.75. The molecule has 0 N–H and O–H groups in total. The van der Waals surface area contributed by atoms with Crippen LogP contribution in [0.4, 0.5) is 4.39 Å². The molecule has 0 amide bonds. The van der Waals surface area contributed by atoms with Crippen LogP contribution in [-0.2, 0) is 0 Å². The van der Waals surface area contributed by atoms with Crippen LogP contribution >= 0.6 is 54.8 Å². The third-order valence-electron chi connectivity index (χ3n) is 2.32. The molecule has 1 heterocycles. The number of benzene rings is 1. The molecule has 1 unspecified atom stereocenters. The molecular formula is C12H8Br2ClFS. The van der Waals surface area contributed by atoms with Gasteiger partial charge in [-0.2, -0.15) is 0 Å². The zero-order chi connectivity index (χ0) is 12.6. The summed E-state index contributed by atoms with van der Waals surface area (Å²) in [5.74, 6) is -0.294. The van der Waals surface area contributed by atoms with Gasteiger partial charge in [0.15, 0.2) is 0 Å². The molecule has 0 nitrogen and oxygen atoms in total. The molecule has 0 aliphatic rings. The fraction of sp³-hybridized carbons (Fsp3) is 0.167. The number of hydrogen-bond acceptors (Lipinski definition) is 1. The molecule has 1 aromatic heterocycles. The minimum absolute atomic E-state index is 0.294. The van der Waals surface area contributed by atoms with Gasteiger partial charge in [0.2, 0.25) is 0 Å². The smallest absolute Gasteiger partial charge is 0.129 e. The van der Waals surface area contributed by atoms with Gasteiger partial charge >= 0.3 is 0 Å². The summed E-state index contributed by atoms with van der Waals surface area (Å²) < 4.78 is 15.4. The summed E-state index contributed by atoms with van der Waals surface area (Å²) in [6.07, 6.45) is 0. The van der Waals surface area contributed by atoms with Gasteiger partial charge in [-0.1, -0.05) is 22.0 Å². The van der Waals surface area contributed by atoms with Gasteiger partial charge in [0.05, 0.1) is 5.38 Å². The quantitative estimate of drug-likeness (QED) is 0.540.